The SMILES string of the molecule is COC(=O)C1=CN(C)C(CC(=O)c2cc3ccccc3n2C)C(C(=O)C(F)(F)F)=C1. The molecule has 0 aliphatic carbocycles. The van der Waals surface area contributed by atoms with Crippen LogP contribution < -0.4 is 0 Å². The molecular weight excluding hydrogens is 401 g/mol. The molecule has 1 aromatic carbocycles. The fourth-order valence-corrected chi connectivity index (χ4v) is 3.53. The summed E-state index contributed by atoms with van der Waals surface area (Å²) < 4.78 is 45.7. The topological polar surface area (TPSA) is 68.6 Å². The number of fused-ring (bicyclic) bond motifs is 1. The minimum Gasteiger partial charge on any atom is -0.465 e. The third-order valence-electron chi connectivity index (χ3n) is 5.06. The first-order valence-corrected chi connectivity index (χ1v) is 8.97. The molecule has 1 aliphatic heterocycles. The zero-order valence-electron chi connectivity index (χ0n) is 16.5. The lowest BCUT2D eigenvalue weighted by Gasteiger charge is -2.32. The molecule has 0 amide bonds. The van der Waals surface area contributed by atoms with Crippen LogP contribution in [0, 0.1) is 0 Å². The van der Waals surface area contributed by atoms with Crippen LogP contribution in [0.25, 0.3) is 10.9 Å². The van der Waals surface area contributed by atoms with Gasteiger partial charge in [-0.25, -0.2) is 4.79 Å². The van der Waals surface area contributed by atoms with E-state index in [1.165, 1.54) is 18.1 Å². The van der Waals surface area contributed by atoms with Crippen LogP contribution in [0.15, 0.2) is 53.8 Å². The molecular formula is C21H19F3N2O4. The number of rotatable bonds is 5. The number of Topliss-reactive ketones (excluding diaryl/α,β-unsaturated/α-hetero) is 2. The summed E-state index contributed by atoms with van der Waals surface area (Å²) in [6, 6.07) is 7.75. The van der Waals surface area contributed by atoms with Crippen LogP contribution in [0.3, 0.4) is 0 Å². The number of ether oxygens (including phenoxy) is 1. The number of hydrogen-bond acceptors (Lipinski definition) is 5. The Kier molecular flexibility index (Phi) is 5.56. The Labute approximate surface area is 170 Å². The highest BCUT2D eigenvalue weighted by molar-refractivity contribution is 6.06. The van der Waals surface area contributed by atoms with Gasteiger partial charge >= 0.3 is 12.1 Å². The van der Waals surface area contributed by atoms with E-state index in [4.69, 9.17) is 0 Å². The van der Waals surface area contributed by atoms with Crippen LogP contribution >= 0.6 is 0 Å². The molecule has 0 fully saturated rings. The van der Waals surface area contributed by atoms with Gasteiger partial charge < -0.3 is 14.2 Å². The number of methoxy groups -OCH3 is 1. The summed E-state index contributed by atoms with van der Waals surface area (Å²) in [5.41, 5.74) is 0.222. The fourth-order valence-electron chi connectivity index (χ4n) is 3.53. The molecule has 0 spiro atoms. The maximum Gasteiger partial charge on any atom is 0.454 e. The van der Waals surface area contributed by atoms with Crippen molar-refractivity contribution in [2.75, 3.05) is 14.2 Å². The molecule has 1 unspecified atom stereocenters. The first-order chi connectivity index (χ1) is 14.0. The number of para-hydroxylation sites is 1. The van der Waals surface area contributed by atoms with Gasteiger partial charge in [0, 0.05) is 43.2 Å². The van der Waals surface area contributed by atoms with Gasteiger partial charge in [-0.05, 0) is 18.2 Å². The zero-order valence-corrected chi connectivity index (χ0v) is 16.5. The number of alkyl halides is 3. The molecule has 1 aliphatic rings. The molecule has 0 bridgehead atoms. The van der Waals surface area contributed by atoms with E-state index in [1.54, 1.807) is 17.7 Å². The van der Waals surface area contributed by atoms with Crippen molar-refractivity contribution in [2.45, 2.75) is 18.6 Å². The molecule has 2 heterocycles. The van der Waals surface area contributed by atoms with Crippen molar-refractivity contribution in [1.29, 1.82) is 0 Å². The molecule has 0 radical (unpaired) electrons. The molecule has 30 heavy (non-hydrogen) atoms. The minimum absolute atomic E-state index is 0.207. The van der Waals surface area contributed by atoms with E-state index in [9.17, 15) is 27.6 Å². The number of esters is 1. The summed E-state index contributed by atoms with van der Waals surface area (Å²) in [7, 11) is 4.17. The molecule has 3 rings (SSSR count). The summed E-state index contributed by atoms with van der Waals surface area (Å²) in [5, 5.41) is 0.815. The van der Waals surface area contributed by atoms with Crippen molar-refractivity contribution in [3.8, 4) is 0 Å². The van der Waals surface area contributed by atoms with Gasteiger partial charge in [0.2, 0.25) is 0 Å². The number of carbonyl (C=O) groups excluding carboxylic acids is 3. The number of nitrogens with zero attached hydrogens (tertiary/aromatic N) is 2. The van der Waals surface area contributed by atoms with E-state index >= 15 is 0 Å². The Morgan fingerprint density at radius 3 is 2.40 bits per heavy atom. The van der Waals surface area contributed by atoms with E-state index < -0.39 is 35.3 Å². The molecule has 0 saturated heterocycles. The van der Waals surface area contributed by atoms with Crippen LogP contribution in [0.2, 0.25) is 0 Å². The Bertz CT molecular complexity index is 1100. The van der Waals surface area contributed by atoms with Crippen LogP contribution in [-0.2, 0) is 21.4 Å². The Morgan fingerprint density at radius 1 is 1.13 bits per heavy atom. The largest absolute Gasteiger partial charge is 0.465 e. The lowest BCUT2D eigenvalue weighted by Crippen LogP contribution is -2.41. The molecule has 1 atom stereocenters. The molecule has 9 heteroatoms. The van der Waals surface area contributed by atoms with Crippen LogP contribution in [0.1, 0.15) is 16.9 Å². The maximum atomic E-state index is 13.2. The van der Waals surface area contributed by atoms with Crippen molar-refractivity contribution in [3.63, 3.8) is 0 Å². The van der Waals surface area contributed by atoms with Crippen molar-refractivity contribution >= 4 is 28.4 Å². The highest BCUT2D eigenvalue weighted by atomic mass is 19.4. The number of carbonyl (C=O) groups is 3. The highest BCUT2D eigenvalue weighted by Crippen LogP contribution is 2.31. The maximum absolute atomic E-state index is 13.2. The van der Waals surface area contributed by atoms with E-state index in [2.05, 4.69) is 4.74 Å². The van der Waals surface area contributed by atoms with Gasteiger partial charge in [0.1, 0.15) is 0 Å². The third kappa shape index (κ3) is 3.87. The van der Waals surface area contributed by atoms with Crippen LogP contribution in [-0.4, -0.2) is 53.4 Å². The summed E-state index contributed by atoms with van der Waals surface area (Å²) in [6.45, 7) is 0. The quantitative estimate of drug-likeness (QED) is 0.549. The van der Waals surface area contributed by atoms with E-state index in [0.717, 1.165) is 24.1 Å². The fraction of sp³-hybridized carbons (Fsp3) is 0.286. The Balaban J connectivity index is 1.98. The average molecular weight is 420 g/mol. The molecule has 2 aromatic rings. The second kappa shape index (κ2) is 7.81. The summed E-state index contributed by atoms with van der Waals surface area (Å²) >= 11 is 0. The lowest BCUT2D eigenvalue weighted by molar-refractivity contribution is -0.167. The molecule has 0 N–H and O–H groups in total. The first-order valence-electron chi connectivity index (χ1n) is 8.97. The summed E-state index contributed by atoms with van der Waals surface area (Å²) in [4.78, 5) is 38.1. The molecule has 158 valence electrons. The highest BCUT2D eigenvalue weighted by Gasteiger charge is 2.45. The van der Waals surface area contributed by atoms with Gasteiger partial charge in [0.25, 0.3) is 5.78 Å². The van der Waals surface area contributed by atoms with Crippen molar-refractivity contribution in [1.82, 2.24) is 9.47 Å². The predicted molar refractivity (Wildman–Crippen MR) is 103 cm³/mol. The second-order valence-electron chi connectivity index (χ2n) is 6.96. The lowest BCUT2D eigenvalue weighted by atomic mass is 9.91. The van der Waals surface area contributed by atoms with Crippen LogP contribution in [0.4, 0.5) is 13.2 Å². The predicted octanol–water partition coefficient (Wildman–Crippen LogP) is 3.18. The second-order valence-corrected chi connectivity index (χ2v) is 6.96. The average Bonchev–Trinajstić information content (AvgIpc) is 3.04. The van der Waals surface area contributed by atoms with Crippen molar-refractivity contribution in [3.05, 3.63) is 59.4 Å². The van der Waals surface area contributed by atoms with Gasteiger partial charge in [-0.15, -0.1) is 0 Å². The van der Waals surface area contributed by atoms with E-state index in [1.807, 2.05) is 24.3 Å². The van der Waals surface area contributed by atoms with Gasteiger partial charge in [-0.3, -0.25) is 9.59 Å². The van der Waals surface area contributed by atoms with E-state index in [0.29, 0.717) is 5.69 Å². The van der Waals surface area contributed by atoms with Crippen molar-refractivity contribution in [2.24, 2.45) is 7.05 Å². The standard InChI is InChI=1S/C21H19F3N2O4/c1-25-11-13(20(29)30-3)8-14(19(28)21(22,23)24)16(25)10-18(27)17-9-12-6-4-5-7-15(12)26(17)2/h4-9,11,16H,10H2,1-3H3. The number of halogens is 3. The summed E-state index contributed by atoms with van der Waals surface area (Å²) in [5.74, 6) is -3.41. The number of likely N-dealkylation sites (N-methyl/N-ethyl adjacent to an activating group) is 1. The number of benzene rings is 1. The Morgan fingerprint density at radius 2 is 1.80 bits per heavy atom. The number of aryl methyl sites for hydroxylation is 1. The summed E-state index contributed by atoms with van der Waals surface area (Å²) in [6.07, 6.45) is -3.41. The van der Waals surface area contributed by atoms with Gasteiger partial charge in [0.05, 0.1) is 24.4 Å². The Hall–Kier alpha value is -3.36. The zero-order chi connectivity index (χ0) is 22.2. The third-order valence-corrected chi connectivity index (χ3v) is 5.06. The molecule has 6 nitrogen and oxygen atoms in total. The van der Waals surface area contributed by atoms with Gasteiger partial charge in [-0.2, -0.15) is 13.2 Å². The molecule has 1 aromatic heterocycles. The number of hydrogen-bond donors (Lipinski definition) is 0. The van der Waals surface area contributed by atoms with Gasteiger partial charge in [-0.1, -0.05) is 18.2 Å². The monoisotopic (exact) mass is 420 g/mol. The van der Waals surface area contributed by atoms with E-state index in [-0.39, 0.29) is 12.0 Å². The smallest absolute Gasteiger partial charge is 0.454 e. The van der Waals surface area contributed by atoms with Crippen LogP contribution in [0.5, 0.6) is 0 Å². The number of ketones is 2. The van der Waals surface area contributed by atoms with Gasteiger partial charge in [0.15, 0.2) is 5.78 Å². The van der Waals surface area contributed by atoms with Crippen molar-refractivity contribution < 1.29 is 32.3 Å². The molecule has 0 saturated carbocycles. The minimum atomic E-state index is -5.15. The number of aromatic nitrogens is 1. The first kappa shape index (κ1) is 21.4. The normalized spacial score (nSPS) is 16.9.